The highest BCUT2D eigenvalue weighted by Crippen LogP contribution is 2.34. The van der Waals surface area contributed by atoms with Crippen molar-refractivity contribution < 1.29 is 13.2 Å². The second-order valence-corrected chi connectivity index (χ2v) is 4.21. The molecule has 0 radical (unpaired) electrons. The summed E-state index contributed by atoms with van der Waals surface area (Å²) < 4.78 is 38.1. The second-order valence-electron chi connectivity index (χ2n) is 4.21. The first-order chi connectivity index (χ1) is 8.36. The molecular formula is C14H12F3N. The van der Waals surface area contributed by atoms with Crippen LogP contribution in [0.5, 0.6) is 0 Å². The molecule has 94 valence electrons. The third-order valence-electron chi connectivity index (χ3n) is 2.63. The highest BCUT2D eigenvalue weighted by molar-refractivity contribution is 5.69. The van der Waals surface area contributed by atoms with Gasteiger partial charge in [0, 0.05) is 5.69 Å². The Balaban J connectivity index is 2.55. The maximum Gasteiger partial charge on any atom is 0.416 e. The molecule has 0 saturated carbocycles. The Hall–Kier alpha value is -1.97. The standard InChI is InChI=1S/C14H12F3N/c1-9-3-2-4-10(5-9)11-6-12(14(15,16)17)8-13(18)7-11/h2-8H,18H2,1H3. The van der Waals surface area contributed by atoms with E-state index >= 15 is 0 Å². The van der Waals surface area contributed by atoms with Gasteiger partial charge in [0.05, 0.1) is 5.56 Å². The Labute approximate surface area is 103 Å². The second kappa shape index (κ2) is 4.37. The molecule has 0 aromatic heterocycles. The van der Waals surface area contributed by atoms with E-state index in [9.17, 15) is 13.2 Å². The van der Waals surface area contributed by atoms with Crippen LogP contribution in [0.2, 0.25) is 0 Å². The van der Waals surface area contributed by atoms with Crippen LogP contribution < -0.4 is 5.73 Å². The van der Waals surface area contributed by atoms with Crippen molar-refractivity contribution in [3.8, 4) is 11.1 Å². The van der Waals surface area contributed by atoms with Crippen molar-refractivity contribution in [1.82, 2.24) is 0 Å². The van der Waals surface area contributed by atoms with Gasteiger partial charge in [0.25, 0.3) is 0 Å². The molecule has 0 amide bonds. The van der Waals surface area contributed by atoms with Gasteiger partial charge < -0.3 is 5.73 Å². The van der Waals surface area contributed by atoms with Gasteiger partial charge >= 0.3 is 6.18 Å². The molecule has 0 bridgehead atoms. The maximum absolute atomic E-state index is 12.7. The average molecular weight is 251 g/mol. The van der Waals surface area contributed by atoms with Crippen molar-refractivity contribution in [2.75, 3.05) is 5.73 Å². The van der Waals surface area contributed by atoms with Crippen molar-refractivity contribution in [2.24, 2.45) is 0 Å². The quantitative estimate of drug-likeness (QED) is 0.753. The van der Waals surface area contributed by atoms with Crippen molar-refractivity contribution >= 4 is 5.69 Å². The van der Waals surface area contributed by atoms with Crippen LogP contribution in [-0.2, 0) is 6.18 Å². The molecule has 18 heavy (non-hydrogen) atoms. The van der Waals surface area contributed by atoms with Gasteiger partial charge in [-0.1, -0.05) is 29.8 Å². The average Bonchev–Trinajstić information content (AvgIpc) is 2.27. The maximum atomic E-state index is 12.7. The number of halogens is 3. The lowest BCUT2D eigenvalue weighted by Gasteiger charge is -2.11. The van der Waals surface area contributed by atoms with Gasteiger partial charge in [0.2, 0.25) is 0 Å². The third kappa shape index (κ3) is 2.64. The molecule has 0 saturated heterocycles. The topological polar surface area (TPSA) is 26.0 Å². The minimum Gasteiger partial charge on any atom is -0.399 e. The minimum atomic E-state index is -4.38. The van der Waals surface area contributed by atoms with Crippen molar-refractivity contribution in [3.63, 3.8) is 0 Å². The van der Waals surface area contributed by atoms with E-state index in [0.717, 1.165) is 23.3 Å². The van der Waals surface area contributed by atoms with E-state index in [1.165, 1.54) is 0 Å². The Bertz CT molecular complexity index is 573. The first-order valence-corrected chi connectivity index (χ1v) is 5.41. The molecular weight excluding hydrogens is 239 g/mol. The van der Waals surface area contributed by atoms with E-state index in [4.69, 9.17) is 5.73 Å². The molecule has 0 atom stereocenters. The Morgan fingerprint density at radius 2 is 1.67 bits per heavy atom. The summed E-state index contributed by atoms with van der Waals surface area (Å²) in [5.74, 6) is 0. The van der Waals surface area contributed by atoms with Crippen LogP contribution in [-0.4, -0.2) is 0 Å². The molecule has 2 aromatic rings. The lowest BCUT2D eigenvalue weighted by atomic mass is 10.0. The fourth-order valence-electron chi connectivity index (χ4n) is 1.81. The molecule has 0 fully saturated rings. The molecule has 0 unspecified atom stereocenters. The monoisotopic (exact) mass is 251 g/mol. The van der Waals surface area contributed by atoms with Crippen LogP contribution in [0.1, 0.15) is 11.1 Å². The van der Waals surface area contributed by atoms with Crippen LogP contribution in [0.4, 0.5) is 18.9 Å². The summed E-state index contributed by atoms with van der Waals surface area (Å²) in [6.07, 6.45) is -4.38. The number of rotatable bonds is 1. The van der Waals surface area contributed by atoms with Gasteiger partial charge in [-0.3, -0.25) is 0 Å². The van der Waals surface area contributed by atoms with Crippen molar-refractivity contribution in [2.45, 2.75) is 13.1 Å². The molecule has 0 spiro atoms. The number of hydrogen-bond acceptors (Lipinski definition) is 1. The molecule has 2 aromatic carbocycles. The smallest absolute Gasteiger partial charge is 0.399 e. The summed E-state index contributed by atoms with van der Waals surface area (Å²) in [5, 5.41) is 0. The molecule has 0 aliphatic carbocycles. The number of benzene rings is 2. The summed E-state index contributed by atoms with van der Waals surface area (Å²) in [7, 11) is 0. The summed E-state index contributed by atoms with van der Waals surface area (Å²) in [5.41, 5.74) is 7.12. The third-order valence-corrected chi connectivity index (χ3v) is 2.63. The SMILES string of the molecule is Cc1cccc(-c2cc(N)cc(C(F)(F)F)c2)c1. The first-order valence-electron chi connectivity index (χ1n) is 5.41. The fraction of sp³-hybridized carbons (Fsp3) is 0.143. The van der Waals surface area contributed by atoms with E-state index < -0.39 is 11.7 Å². The van der Waals surface area contributed by atoms with Gasteiger partial charge in [0.1, 0.15) is 0 Å². The van der Waals surface area contributed by atoms with E-state index in [1.807, 2.05) is 19.1 Å². The Kier molecular flexibility index (Phi) is 3.03. The van der Waals surface area contributed by atoms with Crippen molar-refractivity contribution in [1.29, 1.82) is 0 Å². The predicted molar refractivity (Wildman–Crippen MR) is 66.0 cm³/mol. The summed E-state index contributed by atoms with van der Waals surface area (Å²) in [6.45, 7) is 1.89. The summed E-state index contributed by atoms with van der Waals surface area (Å²) in [4.78, 5) is 0. The molecule has 1 nitrogen and oxygen atoms in total. The number of nitrogens with two attached hydrogens (primary N) is 1. The Morgan fingerprint density at radius 3 is 2.28 bits per heavy atom. The van der Waals surface area contributed by atoms with Crippen LogP contribution in [0.15, 0.2) is 42.5 Å². The first kappa shape index (κ1) is 12.5. The highest BCUT2D eigenvalue weighted by atomic mass is 19.4. The molecule has 0 aliphatic heterocycles. The van der Waals surface area contributed by atoms with Crippen LogP contribution >= 0.6 is 0 Å². The Morgan fingerprint density at radius 1 is 0.944 bits per heavy atom. The van der Waals surface area contributed by atoms with Crippen LogP contribution in [0.25, 0.3) is 11.1 Å². The highest BCUT2D eigenvalue weighted by Gasteiger charge is 2.31. The van der Waals surface area contributed by atoms with Crippen molar-refractivity contribution in [3.05, 3.63) is 53.6 Å². The molecule has 2 N–H and O–H groups in total. The number of alkyl halides is 3. The van der Waals surface area contributed by atoms with Crippen LogP contribution in [0, 0.1) is 6.92 Å². The zero-order valence-corrected chi connectivity index (χ0v) is 9.75. The number of hydrogen-bond donors (Lipinski definition) is 1. The zero-order valence-electron chi connectivity index (χ0n) is 9.75. The minimum absolute atomic E-state index is 0.112. The predicted octanol–water partition coefficient (Wildman–Crippen LogP) is 4.26. The van der Waals surface area contributed by atoms with Gasteiger partial charge in [-0.05, 0) is 36.2 Å². The zero-order chi connectivity index (χ0) is 13.3. The molecule has 4 heteroatoms. The molecule has 0 aliphatic rings. The lowest BCUT2D eigenvalue weighted by Crippen LogP contribution is -2.06. The fourth-order valence-corrected chi connectivity index (χ4v) is 1.81. The summed E-state index contributed by atoms with van der Waals surface area (Å²) in [6, 6.07) is 10.9. The van der Waals surface area contributed by atoms with E-state index in [0.29, 0.717) is 5.56 Å². The van der Waals surface area contributed by atoms with Gasteiger partial charge in [-0.15, -0.1) is 0 Å². The normalized spacial score (nSPS) is 11.6. The van der Waals surface area contributed by atoms with Gasteiger partial charge in [-0.25, -0.2) is 0 Å². The molecule has 2 rings (SSSR count). The van der Waals surface area contributed by atoms with E-state index in [1.54, 1.807) is 18.2 Å². The number of nitrogen functional groups attached to an aromatic ring is 1. The summed E-state index contributed by atoms with van der Waals surface area (Å²) >= 11 is 0. The van der Waals surface area contributed by atoms with Gasteiger partial charge in [0.15, 0.2) is 0 Å². The van der Waals surface area contributed by atoms with Gasteiger partial charge in [-0.2, -0.15) is 13.2 Å². The van der Waals surface area contributed by atoms with Crippen LogP contribution in [0.3, 0.4) is 0 Å². The number of anilines is 1. The van der Waals surface area contributed by atoms with E-state index in [-0.39, 0.29) is 5.69 Å². The number of aryl methyl sites for hydroxylation is 1. The largest absolute Gasteiger partial charge is 0.416 e. The van der Waals surface area contributed by atoms with E-state index in [2.05, 4.69) is 0 Å². The lowest BCUT2D eigenvalue weighted by molar-refractivity contribution is -0.137. The molecule has 0 heterocycles.